The second-order valence-corrected chi connectivity index (χ2v) is 9.34. The van der Waals surface area contributed by atoms with Crippen molar-refractivity contribution in [2.24, 2.45) is 0 Å². The van der Waals surface area contributed by atoms with Crippen molar-refractivity contribution in [3.63, 3.8) is 0 Å². The van der Waals surface area contributed by atoms with E-state index in [1.54, 1.807) is 16.6 Å². The van der Waals surface area contributed by atoms with Gasteiger partial charge in [0.1, 0.15) is 5.01 Å². The third kappa shape index (κ3) is 3.68. The van der Waals surface area contributed by atoms with Crippen LogP contribution in [0.2, 0.25) is 5.02 Å². The summed E-state index contributed by atoms with van der Waals surface area (Å²) >= 11 is 7.44. The van der Waals surface area contributed by atoms with Crippen LogP contribution in [0.5, 0.6) is 0 Å². The van der Waals surface area contributed by atoms with Crippen LogP contribution in [0.15, 0.2) is 59.5 Å². The first-order valence-electron chi connectivity index (χ1n) is 8.66. The highest BCUT2D eigenvalue weighted by Gasteiger charge is 2.21. The van der Waals surface area contributed by atoms with Crippen LogP contribution in [-0.4, -0.2) is 23.0 Å². The second kappa shape index (κ2) is 7.63. The molecule has 0 aliphatic heterocycles. The first-order chi connectivity index (χ1) is 13.5. The Labute approximate surface area is 171 Å². The molecule has 2 heterocycles. The molecule has 0 aliphatic rings. The fourth-order valence-electron chi connectivity index (χ4n) is 2.84. The van der Waals surface area contributed by atoms with Crippen molar-refractivity contribution in [2.75, 3.05) is 0 Å². The monoisotopic (exact) mass is 432 g/mol. The molecule has 4 aromatic rings. The van der Waals surface area contributed by atoms with E-state index in [1.807, 2.05) is 37.3 Å². The molecule has 0 bridgehead atoms. The number of aromatic nitrogens is 3. The van der Waals surface area contributed by atoms with Crippen molar-refractivity contribution in [3.8, 4) is 11.3 Å². The molecule has 2 aromatic heterocycles. The summed E-state index contributed by atoms with van der Waals surface area (Å²) in [7, 11) is -3.73. The average molecular weight is 433 g/mol. The van der Waals surface area contributed by atoms with Crippen LogP contribution < -0.4 is 4.72 Å². The molecule has 4 rings (SSSR count). The van der Waals surface area contributed by atoms with E-state index in [0.717, 1.165) is 27.6 Å². The number of fused-ring (bicyclic) bond motifs is 1. The number of hydrogen-bond acceptors (Lipinski definition) is 5. The molecular formula is C19H17ClN4O2S2. The van der Waals surface area contributed by atoms with E-state index in [4.69, 9.17) is 16.6 Å². The van der Waals surface area contributed by atoms with Crippen LogP contribution in [-0.2, 0) is 23.0 Å². The number of halogens is 1. The fraction of sp³-hybridized carbons (Fsp3) is 0.158. The van der Waals surface area contributed by atoms with Gasteiger partial charge in [-0.1, -0.05) is 66.3 Å². The maximum absolute atomic E-state index is 12.7. The largest absolute Gasteiger partial charge is 0.240 e. The molecule has 28 heavy (non-hydrogen) atoms. The van der Waals surface area contributed by atoms with Crippen molar-refractivity contribution < 1.29 is 8.42 Å². The maximum atomic E-state index is 12.7. The smallest absolute Gasteiger partial charge is 0.217 e. The van der Waals surface area contributed by atoms with E-state index in [0.29, 0.717) is 10.7 Å². The number of hydrogen-bond donors (Lipinski definition) is 1. The predicted molar refractivity (Wildman–Crippen MR) is 111 cm³/mol. The predicted octanol–water partition coefficient (Wildman–Crippen LogP) is 4.15. The molecule has 0 saturated carbocycles. The normalized spacial score (nSPS) is 11.9. The Hall–Kier alpha value is -2.26. The molecule has 0 atom stereocenters. The molecule has 0 fully saturated rings. The van der Waals surface area contributed by atoms with Crippen molar-refractivity contribution in [1.29, 1.82) is 0 Å². The van der Waals surface area contributed by atoms with E-state index in [2.05, 4.69) is 9.82 Å². The molecule has 144 valence electrons. The van der Waals surface area contributed by atoms with E-state index in [9.17, 15) is 8.42 Å². The zero-order valence-electron chi connectivity index (χ0n) is 15.0. The zero-order valence-corrected chi connectivity index (χ0v) is 17.4. The molecule has 0 saturated heterocycles. The summed E-state index contributed by atoms with van der Waals surface area (Å²) in [5.41, 5.74) is 2.33. The van der Waals surface area contributed by atoms with Gasteiger partial charge >= 0.3 is 0 Å². The highest BCUT2D eigenvalue weighted by Crippen LogP contribution is 2.27. The Kier molecular flexibility index (Phi) is 5.20. The van der Waals surface area contributed by atoms with Gasteiger partial charge in [0.05, 0.1) is 22.8 Å². The summed E-state index contributed by atoms with van der Waals surface area (Å²) in [4.78, 5) is 5.57. The summed E-state index contributed by atoms with van der Waals surface area (Å²) in [5, 5.41) is 5.89. The summed E-state index contributed by atoms with van der Waals surface area (Å²) in [5.74, 6) is 0. The van der Waals surface area contributed by atoms with Gasteiger partial charge in [-0.3, -0.25) is 0 Å². The first-order valence-corrected chi connectivity index (χ1v) is 11.3. The van der Waals surface area contributed by atoms with Gasteiger partial charge in [0, 0.05) is 10.6 Å². The van der Waals surface area contributed by atoms with Gasteiger partial charge in [0.25, 0.3) is 0 Å². The maximum Gasteiger partial charge on any atom is 0.240 e. The average Bonchev–Trinajstić information content (AvgIpc) is 3.25. The Morgan fingerprint density at radius 1 is 1.14 bits per heavy atom. The summed E-state index contributed by atoms with van der Waals surface area (Å²) in [6, 6.07) is 15.8. The highest BCUT2D eigenvalue weighted by molar-refractivity contribution is 7.89. The Bertz CT molecular complexity index is 1230. The number of imidazole rings is 1. The van der Waals surface area contributed by atoms with E-state index < -0.39 is 10.0 Å². The van der Waals surface area contributed by atoms with Crippen molar-refractivity contribution >= 4 is 37.9 Å². The molecule has 0 spiro atoms. The molecule has 0 unspecified atom stereocenters. The molecule has 0 aliphatic carbocycles. The number of rotatable bonds is 6. The lowest BCUT2D eigenvalue weighted by atomic mass is 10.1. The fourth-order valence-corrected chi connectivity index (χ4v) is 4.98. The van der Waals surface area contributed by atoms with Gasteiger partial charge in [0.2, 0.25) is 15.0 Å². The Balaban J connectivity index is 1.73. The van der Waals surface area contributed by atoms with Crippen LogP contribution in [0.25, 0.3) is 16.2 Å². The van der Waals surface area contributed by atoms with Gasteiger partial charge in [-0.25, -0.2) is 22.6 Å². The van der Waals surface area contributed by atoms with Crippen LogP contribution in [0.4, 0.5) is 0 Å². The third-order valence-corrected chi connectivity index (χ3v) is 6.91. The molecule has 0 radical (unpaired) electrons. The first kappa shape index (κ1) is 19.1. The van der Waals surface area contributed by atoms with Gasteiger partial charge in [0.15, 0.2) is 0 Å². The summed E-state index contributed by atoms with van der Waals surface area (Å²) in [6.07, 6.45) is 0.794. The van der Waals surface area contributed by atoms with Crippen LogP contribution >= 0.6 is 22.9 Å². The minimum absolute atomic E-state index is 0.0626. The summed E-state index contributed by atoms with van der Waals surface area (Å²) in [6.45, 7) is 2.09. The second-order valence-electron chi connectivity index (χ2n) is 6.10. The van der Waals surface area contributed by atoms with Crippen molar-refractivity contribution in [1.82, 2.24) is 19.3 Å². The van der Waals surface area contributed by atoms with Crippen LogP contribution in [0.1, 0.15) is 17.6 Å². The third-order valence-electron chi connectivity index (χ3n) is 4.22. The van der Waals surface area contributed by atoms with Crippen LogP contribution in [0, 0.1) is 0 Å². The summed E-state index contributed by atoms with van der Waals surface area (Å²) < 4.78 is 29.8. The Morgan fingerprint density at radius 2 is 1.93 bits per heavy atom. The zero-order chi connectivity index (χ0) is 19.7. The minimum Gasteiger partial charge on any atom is -0.217 e. The lowest BCUT2D eigenvalue weighted by molar-refractivity contribution is 0.579. The molecular weight excluding hydrogens is 416 g/mol. The minimum atomic E-state index is -3.73. The molecule has 1 N–H and O–H groups in total. The van der Waals surface area contributed by atoms with Gasteiger partial charge < -0.3 is 0 Å². The van der Waals surface area contributed by atoms with E-state index in [-0.39, 0.29) is 11.4 Å². The number of benzene rings is 2. The molecule has 0 amide bonds. The van der Waals surface area contributed by atoms with Gasteiger partial charge in [-0.05, 0) is 24.6 Å². The molecule has 2 aromatic carbocycles. The highest BCUT2D eigenvalue weighted by atomic mass is 35.5. The SMILES string of the molecule is CCc1nn2c(CNS(=O)(=O)c3cccc(Cl)c3)c(-c3ccccc3)nc2s1. The molecule has 6 nitrogen and oxygen atoms in total. The topological polar surface area (TPSA) is 76.4 Å². The number of sulfonamides is 1. The van der Waals surface area contributed by atoms with Gasteiger partial charge in [-0.15, -0.1) is 0 Å². The standard InChI is InChI=1S/C19H17ClN4O2S2/c1-2-17-23-24-16(12-21-28(25,26)15-10-6-9-14(20)11-15)18(22-19(24)27-17)13-7-4-3-5-8-13/h3-11,21H,2,12H2,1H3. The Morgan fingerprint density at radius 3 is 2.64 bits per heavy atom. The van der Waals surface area contributed by atoms with Crippen LogP contribution in [0.3, 0.4) is 0 Å². The van der Waals surface area contributed by atoms with E-state index in [1.165, 1.54) is 23.5 Å². The van der Waals surface area contributed by atoms with Crippen molar-refractivity contribution in [3.05, 3.63) is 70.3 Å². The van der Waals surface area contributed by atoms with Gasteiger partial charge in [-0.2, -0.15) is 5.10 Å². The number of nitrogens with one attached hydrogen (secondary N) is 1. The van der Waals surface area contributed by atoms with Crippen molar-refractivity contribution in [2.45, 2.75) is 24.8 Å². The van der Waals surface area contributed by atoms with E-state index >= 15 is 0 Å². The number of aryl methyl sites for hydroxylation is 1. The lowest BCUT2D eigenvalue weighted by Crippen LogP contribution is -2.24. The number of nitrogens with zero attached hydrogens (tertiary/aromatic N) is 3. The quantitative estimate of drug-likeness (QED) is 0.496. The molecule has 9 heteroatoms. The lowest BCUT2D eigenvalue weighted by Gasteiger charge is -2.08.